The minimum Gasteiger partial charge on any atom is -0.465 e. The molecule has 0 bridgehead atoms. The first-order valence-corrected chi connectivity index (χ1v) is 14.9. The molecule has 0 radical (unpaired) electrons. The summed E-state index contributed by atoms with van der Waals surface area (Å²) < 4.78 is 57.0. The minimum absolute atomic E-state index is 0.0000142. The lowest BCUT2D eigenvalue weighted by atomic mass is 9.83. The number of phosphoric acid groups is 1. The Morgan fingerprint density at radius 2 is 1.86 bits per heavy atom. The molecule has 11 nitrogen and oxygen atoms in total. The molecule has 0 saturated carbocycles. The number of amides is 3. The van der Waals surface area contributed by atoms with Gasteiger partial charge in [-0.25, -0.2) is 27.9 Å². The highest BCUT2D eigenvalue weighted by Gasteiger charge is 2.33. The number of likely N-dealkylation sites (N-methyl/N-ethyl adjacent to an activating group) is 1. The molecular formula is C28H34ClF2N4O7P. The van der Waals surface area contributed by atoms with Gasteiger partial charge in [-0.05, 0) is 59.0 Å². The maximum absolute atomic E-state index is 15.4. The first-order chi connectivity index (χ1) is 20.2. The number of hydrogen-bond acceptors (Lipinski definition) is 7. The molecule has 3 N–H and O–H groups in total. The molecule has 3 rings (SSSR count). The first kappa shape index (κ1) is 34.1. The van der Waals surface area contributed by atoms with Gasteiger partial charge in [0.25, 0.3) is 0 Å². The molecule has 0 aliphatic rings. The summed E-state index contributed by atoms with van der Waals surface area (Å²) in [6.07, 6.45) is 0.318. The fourth-order valence-corrected chi connectivity index (χ4v) is 5.56. The lowest BCUT2D eigenvalue weighted by molar-refractivity contribution is 0.0834. The normalized spacial score (nSPS) is 12.7. The number of rotatable bonds is 13. The number of pyridine rings is 1. The number of nitrogens with one attached hydrogen (secondary N) is 2. The number of benzene rings is 2. The van der Waals surface area contributed by atoms with Crippen LogP contribution in [0.2, 0.25) is 5.02 Å². The van der Waals surface area contributed by atoms with Crippen molar-refractivity contribution < 1.29 is 41.6 Å². The zero-order chi connectivity index (χ0) is 31.9. The Balaban J connectivity index is 1.95. The van der Waals surface area contributed by atoms with Crippen molar-refractivity contribution in [3.05, 3.63) is 70.4 Å². The standard InChI is InChI=1S/C28H34ClF2N4O7P/c1-28(2,16-42-43(39,40-4)41-5)13-19(35(3)26(36)33-15-18-7-6-8-23(31)25(18)29)11-21-20-12-24(34-27(37)38)32-14-17(20)9-10-22(21)30/h6-10,12,14,19H,11,13,15-16H2,1-5H3,(H,32,34)(H,33,36)(H,37,38). The molecule has 43 heavy (non-hydrogen) atoms. The van der Waals surface area contributed by atoms with Crippen LogP contribution < -0.4 is 10.6 Å². The maximum Gasteiger partial charge on any atom is 0.474 e. The van der Waals surface area contributed by atoms with Gasteiger partial charge >= 0.3 is 19.9 Å². The topological polar surface area (TPSA) is 139 Å². The van der Waals surface area contributed by atoms with Crippen molar-refractivity contribution in [2.24, 2.45) is 5.41 Å². The second-order valence-corrected chi connectivity index (χ2v) is 12.8. The molecule has 1 atom stereocenters. The van der Waals surface area contributed by atoms with Crippen molar-refractivity contribution in [3.8, 4) is 0 Å². The summed E-state index contributed by atoms with van der Waals surface area (Å²) in [6.45, 7) is 3.46. The predicted molar refractivity (Wildman–Crippen MR) is 158 cm³/mol. The van der Waals surface area contributed by atoms with E-state index in [9.17, 15) is 18.5 Å². The van der Waals surface area contributed by atoms with Crippen molar-refractivity contribution in [2.75, 3.05) is 33.2 Å². The predicted octanol–water partition coefficient (Wildman–Crippen LogP) is 6.84. The van der Waals surface area contributed by atoms with Gasteiger partial charge in [0.2, 0.25) is 0 Å². The number of aromatic nitrogens is 1. The van der Waals surface area contributed by atoms with E-state index in [1.165, 1.54) is 62.7 Å². The Bertz CT molecular complexity index is 1520. The zero-order valence-corrected chi connectivity index (χ0v) is 26.0. The highest BCUT2D eigenvalue weighted by atomic mass is 35.5. The largest absolute Gasteiger partial charge is 0.474 e. The highest BCUT2D eigenvalue weighted by molar-refractivity contribution is 7.48. The van der Waals surface area contributed by atoms with Crippen molar-refractivity contribution in [1.82, 2.24) is 15.2 Å². The molecule has 1 heterocycles. The Morgan fingerprint density at radius 3 is 2.51 bits per heavy atom. The van der Waals surface area contributed by atoms with Crippen LogP contribution in [0.15, 0.2) is 42.6 Å². The van der Waals surface area contributed by atoms with Gasteiger partial charge in [-0.1, -0.05) is 37.6 Å². The molecule has 1 aromatic heterocycles. The second-order valence-electron chi connectivity index (χ2n) is 10.5. The van der Waals surface area contributed by atoms with Crippen LogP contribution in [0, 0.1) is 17.0 Å². The van der Waals surface area contributed by atoms with Gasteiger partial charge in [-0.15, -0.1) is 0 Å². The van der Waals surface area contributed by atoms with Crippen molar-refractivity contribution in [3.63, 3.8) is 0 Å². The molecule has 3 amide bonds. The molecule has 1 unspecified atom stereocenters. The second kappa shape index (κ2) is 14.4. The summed E-state index contributed by atoms with van der Waals surface area (Å²) in [5.41, 5.74) is -0.145. The van der Waals surface area contributed by atoms with Gasteiger partial charge in [0.15, 0.2) is 0 Å². The van der Waals surface area contributed by atoms with Gasteiger partial charge in [0, 0.05) is 45.4 Å². The van der Waals surface area contributed by atoms with E-state index in [2.05, 4.69) is 15.6 Å². The van der Waals surface area contributed by atoms with Crippen molar-refractivity contribution in [2.45, 2.75) is 39.3 Å². The van der Waals surface area contributed by atoms with E-state index in [0.717, 1.165) is 0 Å². The van der Waals surface area contributed by atoms with Crippen LogP contribution in [0.1, 0.15) is 31.4 Å². The minimum atomic E-state index is -3.80. The third-order valence-corrected chi connectivity index (χ3v) is 8.57. The Labute approximate surface area is 253 Å². The maximum atomic E-state index is 15.4. The van der Waals surface area contributed by atoms with E-state index in [4.69, 9.17) is 30.3 Å². The number of fused-ring (bicyclic) bond motifs is 1. The van der Waals surface area contributed by atoms with E-state index in [1.807, 2.05) is 13.8 Å². The number of nitrogens with zero attached hydrogens (tertiary/aromatic N) is 2. The van der Waals surface area contributed by atoms with Gasteiger partial charge < -0.3 is 15.3 Å². The first-order valence-electron chi connectivity index (χ1n) is 13.1. The lowest BCUT2D eigenvalue weighted by Gasteiger charge is -2.35. The van der Waals surface area contributed by atoms with Crippen LogP contribution in [0.4, 0.5) is 24.2 Å². The van der Waals surface area contributed by atoms with E-state index < -0.39 is 43.0 Å². The number of carbonyl (C=O) groups is 2. The van der Waals surface area contributed by atoms with Crippen LogP contribution in [-0.2, 0) is 31.1 Å². The summed E-state index contributed by atoms with van der Waals surface area (Å²) in [5.74, 6) is -1.18. The van der Waals surface area contributed by atoms with E-state index in [1.54, 1.807) is 6.07 Å². The Hall–Kier alpha value is -3.35. The van der Waals surface area contributed by atoms with Gasteiger partial charge in [0.1, 0.15) is 17.5 Å². The average molecular weight is 643 g/mol. The number of urea groups is 1. The molecule has 0 aliphatic heterocycles. The van der Waals surface area contributed by atoms with Gasteiger partial charge in [-0.3, -0.25) is 18.9 Å². The van der Waals surface area contributed by atoms with Crippen molar-refractivity contribution in [1.29, 1.82) is 0 Å². The zero-order valence-electron chi connectivity index (χ0n) is 24.3. The van der Waals surface area contributed by atoms with Crippen LogP contribution in [0.3, 0.4) is 0 Å². The Morgan fingerprint density at radius 1 is 1.16 bits per heavy atom. The smallest absolute Gasteiger partial charge is 0.465 e. The van der Waals surface area contributed by atoms with Crippen LogP contribution in [0.5, 0.6) is 0 Å². The molecule has 234 valence electrons. The van der Waals surface area contributed by atoms with Gasteiger partial charge in [-0.2, -0.15) is 0 Å². The molecule has 2 aromatic carbocycles. The molecule has 0 aliphatic carbocycles. The van der Waals surface area contributed by atoms with Crippen LogP contribution >= 0.6 is 19.4 Å². The van der Waals surface area contributed by atoms with Gasteiger partial charge in [0.05, 0.1) is 11.6 Å². The lowest BCUT2D eigenvalue weighted by Crippen LogP contribution is -2.46. The van der Waals surface area contributed by atoms with Crippen LogP contribution in [-0.4, -0.2) is 61.0 Å². The number of carbonyl (C=O) groups excluding carboxylic acids is 1. The monoisotopic (exact) mass is 642 g/mol. The van der Waals surface area contributed by atoms with E-state index >= 15 is 4.39 Å². The van der Waals surface area contributed by atoms with Crippen molar-refractivity contribution >= 4 is 48.1 Å². The Kier molecular flexibility index (Phi) is 11.4. The van der Waals surface area contributed by atoms with Crippen LogP contribution in [0.25, 0.3) is 10.8 Å². The summed E-state index contributed by atoms with van der Waals surface area (Å²) >= 11 is 6.04. The number of hydrogen-bond donors (Lipinski definition) is 3. The highest BCUT2D eigenvalue weighted by Crippen LogP contribution is 2.49. The number of halogens is 3. The number of phosphoric ester groups is 1. The number of carboxylic acid groups (broad SMARTS) is 1. The van der Waals surface area contributed by atoms with E-state index in [-0.39, 0.29) is 42.4 Å². The third-order valence-electron chi connectivity index (χ3n) is 6.81. The molecular weight excluding hydrogens is 609 g/mol. The summed E-state index contributed by atoms with van der Waals surface area (Å²) in [5, 5.41) is 14.9. The third kappa shape index (κ3) is 9.07. The fourth-order valence-electron chi connectivity index (χ4n) is 4.50. The molecule has 0 saturated heterocycles. The molecule has 0 fully saturated rings. The summed E-state index contributed by atoms with van der Waals surface area (Å²) in [7, 11) is 0.108. The molecule has 0 spiro atoms. The average Bonchev–Trinajstić information content (AvgIpc) is 2.96. The molecule has 15 heteroatoms. The molecule has 3 aromatic rings. The van der Waals surface area contributed by atoms with E-state index in [0.29, 0.717) is 16.3 Å². The summed E-state index contributed by atoms with van der Waals surface area (Å²) in [4.78, 5) is 30.0. The quantitative estimate of drug-likeness (QED) is 0.172. The number of anilines is 1. The summed E-state index contributed by atoms with van der Waals surface area (Å²) in [6, 6.07) is 7.26. The fraction of sp³-hybridized carbons (Fsp3) is 0.393. The SMILES string of the molecule is COP(=O)(OC)OCC(C)(C)CC(Cc1c(F)ccc2cnc(NC(=O)O)cc12)N(C)C(=O)NCc1cccc(F)c1Cl.